The maximum atomic E-state index is 14.3. The van der Waals surface area contributed by atoms with Crippen LogP contribution in [0.2, 0.25) is 0 Å². The lowest BCUT2D eigenvalue weighted by molar-refractivity contribution is -0.112. The van der Waals surface area contributed by atoms with E-state index in [-0.39, 0.29) is 5.91 Å². The van der Waals surface area contributed by atoms with Crippen LogP contribution in [0.25, 0.3) is 10.2 Å². The number of piperidine rings is 1. The summed E-state index contributed by atoms with van der Waals surface area (Å²) in [6.07, 6.45) is 0.685. The minimum absolute atomic E-state index is 0.0993. The van der Waals surface area contributed by atoms with Gasteiger partial charge in [-0.05, 0) is 61.2 Å². The van der Waals surface area contributed by atoms with Crippen LogP contribution in [0.4, 0.5) is 14.5 Å². The van der Waals surface area contributed by atoms with Gasteiger partial charge in [0.05, 0.1) is 20.6 Å². The van der Waals surface area contributed by atoms with Crippen molar-refractivity contribution in [3.63, 3.8) is 0 Å². The van der Waals surface area contributed by atoms with E-state index in [1.165, 1.54) is 11.9 Å². The number of likely N-dealkylation sites (tertiary alicyclic amines) is 1. The Balaban J connectivity index is 1.34. The summed E-state index contributed by atoms with van der Waals surface area (Å²) >= 11 is 3.09. The highest BCUT2D eigenvalue weighted by molar-refractivity contribution is 8.00. The number of hydrogen-bond acceptors (Lipinski definition) is 5. The lowest BCUT2D eigenvalue weighted by Crippen LogP contribution is -2.45. The van der Waals surface area contributed by atoms with Crippen molar-refractivity contribution in [2.75, 3.05) is 17.8 Å². The van der Waals surface area contributed by atoms with E-state index >= 15 is 0 Å². The van der Waals surface area contributed by atoms with Crippen molar-refractivity contribution in [3.05, 3.63) is 53.5 Å². The number of hydrogen-bond donors (Lipinski definition) is 1. The lowest BCUT2D eigenvalue weighted by atomic mass is 9.84. The number of aromatic nitrogens is 1. The van der Waals surface area contributed by atoms with E-state index in [4.69, 9.17) is 0 Å². The number of carbonyl (C=O) groups excluding carboxylic acids is 1. The fourth-order valence-electron chi connectivity index (χ4n) is 3.86. The van der Waals surface area contributed by atoms with Gasteiger partial charge in [-0.1, -0.05) is 19.9 Å². The number of anilines is 1. The summed E-state index contributed by atoms with van der Waals surface area (Å²) in [5.74, 6) is -4.11. The summed E-state index contributed by atoms with van der Waals surface area (Å²) < 4.78 is 33.0. The molecule has 1 saturated heterocycles. The number of alkyl halides is 2. The summed E-state index contributed by atoms with van der Waals surface area (Å²) in [5, 5.41) is 0. The number of para-hydroxylation sites is 1. The Morgan fingerprint density at radius 3 is 2.58 bits per heavy atom. The van der Waals surface area contributed by atoms with Gasteiger partial charge in [-0.3, -0.25) is 4.79 Å². The number of carbonyl (C=O) groups is 1. The first kappa shape index (κ1) is 22.0. The molecule has 0 spiro atoms. The second-order valence-electron chi connectivity index (χ2n) is 8.13. The van der Waals surface area contributed by atoms with Crippen LogP contribution < -0.4 is 4.72 Å². The fraction of sp³-hybridized carbons (Fsp3) is 0.391. The van der Waals surface area contributed by atoms with Crippen LogP contribution in [0.1, 0.15) is 37.0 Å². The number of halogens is 2. The fourth-order valence-corrected chi connectivity index (χ4v) is 5.40. The van der Waals surface area contributed by atoms with Crippen molar-refractivity contribution in [3.8, 4) is 0 Å². The Kier molecular flexibility index (Phi) is 6.48. The van der Waals surface area contributed by atoms with Crippen LogP contribution in [0, 0.1) is 11.8 Å². The molecule has 2 heterocycles. The highest BCUT2D eigenvalue weighted by atomic mass is 32.2. The van der Waals surface area contributed by atoms with Crippen molar-refractivity contribution in [1.82, 2.24) is 9.88 Å². The van der Waals surface area contributed by atoms with E-state index in [9.17, 15) is 13.6 Å². The Labute approximate surface area is 189 Å². The van der Waals surface area contributed by atoms with Gasteiger partial charge in [0.1, 0.15) is 0 Å². The zero-order valence-electron chi connectivity index (χ0n) is 17.5. The zero-order valence-corrected chi connectivity index (χ0v) is 19.1. The summed E-state index contributed by atoms with van der Waals surface area (Å²) in [7, 11) is 0. The molecule has 1 aromatic heterocycles. The molecule has 4 rings (SSSR count). The highest BCUT2D eigenvalue weighted by Gasteiger charge is 2.44. The third-order valence-corrected chi connectivity index (χ3v) is 7.51. The number of rotatable bonds is 6. The molecule has 0 radical (unpaired) electrons. The monoisotopic (exact) mass is 461 g/mol. The quantitative estimate of drug-likeness (QED) is 0.422. The predicted molar refractivity (Wildman–Crippen MR) is 124 cm³/mol. The van der Waals surface area contributed by atoms with Gasteiger partial charge in [-0.15, -0.1) is 11.3 Å². The summed E-state index contributed by atoms with van der Waals surface area (Å²) in [4.78, 5) is 19.9. The Bertz CT molecular complexity index is 1040. The average Bonchev–Trinajstić information content (AvgIpc) is 3.27. The number of benzene rings is 2. The van der Waals surface area contributed by atoms with Gasteiger partial charge in [-0.2, -0.15) is 0 Å². The normalized spacial score (nSPS) is 15.6. The van der Waals surface area contributed by atoms with Crippen molar-refractivity contribution in [1.29, 1.82) is 0 Å². The highest BCUT2D eigenvalue weighted by Crippen LogP contribution is 2.39. The maximum absolute atomic E-state index is 14.3. The smallest absolute Gasteiger partial charge is 0.253 e. The molecule has 1 amide bonds. The number of amides is 1. The molecular weight excluding hydrogens is 436 g/mol. The van der Waals surface area contributed by atoms with Crippen LogP contribution in [0.5, 0.6) is 0 Å². The topological polar surface area (TPSA) is 45.2 Å². The molecule has 4 nitrogen and oxygen atoms in total. The molecule has 1 aliphatic rings. The van der Waals surface area contributed by atoms with E-state index in [1.54, 1.807) is 42.2 Å². The molecule has 31 heavy (non-hydrogen) atoms. The molecule has 2 aromatic carbocycles. The number of nitrogens with one attached hydrogen (secondary N) is 1. The van der Waals surface area contributed by atoms with Gasteiger partial charge in [0, 0.05) is 36.2 Å². The van der Waals surface area contributed by atoms with Crippen LogP contribution in [-0.4, -0.2) is 34.8 Å². The Morgan fingerprint density at radius 2 is 1.90 bits per heavy atom. The van der Waals surface area contributed by atoms with Gasteiger partial charge < -0.3 is 9.62 Å². The molecule has 164 valence electrons. The van der Waals surface area contributed by atoms with Crippen LogP contribution >= 0.6 is 23.3 Å². The molecule has 0 unspecified atom stereocenters. The first-order valence-electron chi connectivity index (χ1n) is 10.4. The third kappa shape index (κ3) is 4.70. The van der Waals surface area contributed by atoms with Gasteiger partial charge in [0.2, 0.25) is 0 Å². The Hall–Kier alpha value is -2.19. The third-order valence-electron chi connectivity index (χ3n) is 5.83. The van der Waals surface area contributed by atoms with E-state index in [2.05, 4.69) is 9.71 Å². The predicted octanol–water partition coefficient (Wildman–Crippen LogP) is 6.56. The van der Waals surface area contributed by atoms with Gasteiger partial charge in [-0.25, -0.2) is 13.8 Å². The summed E-state index contributed by atoms with van der Waals surface area (Å²) in [6, 6.07) is 13.4. The van der Waals surface area contributed by atoms with E-state index < -0.39 is 17.8 Å². The lowest BCUT2D eigenvalue weighted by Gasteiger charge is -2.37. The molecule has 1 aliphatic heterocycles. The number of fused-ring (bicyclic) bond motifs is 1. The largest absolute Gasteiger partial charge is 0.339 e. The second-order valence-corrected chi connectivity index (χ2v) is 9.87. The van der Waals surface area contributed by atoms with Crippen molar-refractivity contribution in [2.45, 2.75) is 37.5 Å². The Morgan fingerprint density at radius 1 is 1.19 bits per heavy atom. The van der Waals surface area contributed by atoms with Crippen molar-refractivity contribution in [2.24, 2.45) is 11.8 Å². The summed E-state index contributed by atoms with van der Waals surface area (Å²) in [6.45, 7) is 3.87. The van der Waals surface area contributed by atoms with Gasteiger partial charge in [0.15, 0.2) is 0 Å². The average molecular weight is 462 g/mol. The van der Waals surface area contributed by atoms with Crippen molar-refractivity contribution < 1.29 is 13.6 Å². The minimum Gasteiger partial charge on any atom is -0.339 e. The number of nitrogens with zero attached hydrogens (tertiary/aromatic N) is 2. The molecular formula is C23H25F2N3OS2. The van der Waals surface area contributed by atoms with Crippen molar-refractivity contribution >= 4 is 45.1 Å². The molecule has 3 aromatic rings. The molecule has 0 saturated carbocycles. The molecule has 0 aliphatic carbocycles. The molecule has 8 heteroatoms. The van der Waals surface area contributed by atoms with E-state index in [0.717, 1.165) is 20.8 Å². The standard InChI is InChI=1S/C23H25F2N3OS2/c1-15(2)23(24,25)17-10-12-28(13-11-17)22(29)16-6-8-18(9-7-16)27-31-20-5-3-4-19-21(20)26-14-30-19/h3-9,14-15,17,27H,10-13H2,1-2H3. The van der Waals surface area contributed by atoms with E-state index in [1.807, 2.05) is 35.8 Å². The molecule has 0 bridgehead atoms. The van der Waals surface area contributed by atoms with Crippen LogP contribution in [-0.2, 0) is 0 Å². The first-order chi connectivity index (χ1) is 14.9. The van der Waals surface area contributed by atoms with Gasteiger partial charge >= 0.3 is 0 Å². The molecule has 1 N–H and O–H groups in total. The van der Waals surface area contributed by atoms with Crippen LogP contribution in [0.15, 0.2) is 52.9 Å². The molecule has 0 atom stereocenters. The first-order valence-corrected chi connectivity index (χ1v) is 12.1. The SMILES string of the molecule is CC(C)C(F)(F)C1CCN(C(=O)c2ccc(NSc3cccc4scnc34)cc2)CC1. The van der Waals surface area contributed by atoms with Crippen LogP contribution in [0.3, 0.4) is 0 Å². The minimum atomic E-state index is -2.68. The zero-order chi connectivity index (χ0) is 22.0. The molecule has 1 fully saturated rings. The van der Waals surface area contributed by atoms with E-state index in [0.29, 0.717) is 31.5 Å². The van der Waals surface area contributed by atoms with Gasteiger partial charge in [0.25, 0.3) is 11.8 Å². The second kappa shape index (κ2) is 9.12. The maximum Gasteiger partial charge on any atom is 0.253 e. The number of thiazole rings is 1. The summed E-state index contributed by atoms with van der Waals surface area (Å²) in [5.41, 5.74) is 4.26.